The number of nitrogens with zero attached hydrogens (tertiary/aromatic N) is 2. The molecule has 1 amide bonds. The highest BCUT2D eigenvalue weighted by molar-refractivity contribution is 6.68. The van der Waals surface area contributed by atoms with Crippen LogP contribution in [0.25, 0.3) is 0 Å². The maximum Gasteiger partial charge on any atom is 0.409 e. The molecular formula is C11H22Cl3N3O3. The fraction of sp³-hybridized carbons (Fsp3) is 0.909. The summed E-state index contributed by atoms with van der Waals surface area (Å²) in [6.45, 7) is 1.79. The Morgan fingerprint density at radius 2 is 1.60 bits per heavy atom. The highest BCUT2D eigenvalue weighted by atomic mass is 35.6. The second-order valence-corrected chi connectivity index (χ2v) is 7.05. The molecule has 0 aliphatic rings. The molecule has 0 saturated carbocycles. The van der Waals surface area contributed by atoms with Crippen LogP contribution in [0.2, 0.25) is 0 Å². The predicted molar refractivity (Wildman–Crippen MR) is 81.6 cm³/mol. The first-order valence-electron chi connectivity index (χ1n) is 6.04. The Labute approximate surface area is 135 Å². The van der Waals surface area contributed by atoms with E-state index in [0.29, 0.717) is 19.7 Å². The van der Waals surface area contributed by atoms with E-state index in [9.17, 15) is 4.79 Å². The first-order chi connectivity index (χ1) is 9.12. The van der Waals surface area contributed by atoms with Crippen molar-refractivity contribution in [1.82, 2.24) is 15.1 Å². The van der Waals surface area contributed by atoms with E-state index in [1.54, 1.807) is 0 Å². The van der Waals surface area contributed by atoms with E-state index in [4.69, 9.17) is 44.3 Å². The van der Waals surface area contributed by atoms with E-state index < -0.39 is 16.1 Å². The summed E-state index contributed by atoms with van der Waals surface area (Å²) < 4.78 is 8.53. The Balaban J connectivity index is 4.18. The molecule has 1 atom stereocenters. The topological polar surface area (TPSA) is 54.0 Å². The molecule has 0 radical (unpaired) electrons. The van der Waals surface area contributed by atoms with Gasteiger partial charge in [0.05, 0.1) is 6.61 Å². The Morgan fingerprint density at radius 1 is 1.10 bits per heavy atom. The third-order valence-corrected chi connectivity index (χ3v) is 2.74. The summed E-state index contributed by atoms with van der Waals surface area (Å²) in [5.74, 6) is 0. The summed E-state index contributed by atoms with van der Waals surface area (Å²) in [4.78, 5) is 15.4. The van der Waals surface area contributed by atoms with Gasteiger partial charge < -0.3 is 19.3 Å². The lowest BCUT2D eigenvalue weighted by molar-refractivity contribution is 0.0214. The normalized spacial score (nSPS) is 13.7. The van der Waals surface area contributed by atoms with Crippen LogP contribution in [0, 0.1) is 0 Å². The Kier molecular flexibility index (Phi) is 9.88. The number of alkyl halides is 3. The standard InChI is InChI=1S/C11H22Cl3N3O3/c1-16(2)5-7-19-9(11(12,13)14)15-10(18)20-8-6-17(3)4/h9H,5-8H2,1-4H3,(H,15,18). The van der Waals surface area contributed by atoms with E-state index in [1.165, 1.54) is 0 Å². The second-order valence-electron chi connectivity index (χ2n) is 4.68. The molecule has 0 saturated heterocycles. The van der Waals surface area contributed by atoms with Crippen molar-refractivity contribution in [2.45, 2.75) is 10.0 Å². The third-order valence-electron chi connectivity index (χ3n) is 2.14. The Hall–Kier alpha value is 0.0200. The highest BCUT2D eigenvalue weighted by Gasteiger charge is 2.35. The molecule has 1 unspecified atom stereocenters. The molecule has 0 bridgehead atoms. The van der Waals surface area contributed by atoms with Gasteiger partial charge in [-0.05, 0) is 28.2 Å². The van der Waals surface area contributed by atoms with Gasteiger partial charge in [0.15, 0.2) is 6.23 Å². The molecule has 0 aromatic rings. The monoisotopic (exact) mass is 349 g/mol. The fourth-order valence-corrected chi connectivity index (χ4v) is 1.39. The van der Waals surface area contributed by atoms with E-state index in [1.807, 2.05) is 38.0 Å². The Morgan fingerprint density at radius 3 is 2.05 bits per heavy atom. The van der Waals surface area contributed by atoms with Gasteiger partial charge in [0.1, 0.15) is 6.61 Å². The largest absolute Gasteiger partial charge is 0.448 e. The van der Waals surface area contributed by atoms with Gasteiger partial charge in [-0.3, -0.25) is 5.32 Å². The molecule has 0 aliphatic heterocycles. The summed E-state index contributed by atoms with van der Waals surface area (Å²) >= 11 is 17.3. The Bertz CT molecular complexity index is 286. The molecule has 1 N–H and O–H groups in total. The van der Waals surface area contributed by atoms with Crippen molar-refractivity contribution < 1.29 is 14.3 Å². The number of alkyl carbamates (subject to hydrolysis) is 1. The van der Waals surface area contributed by atoms with Crippen molar-refractivity contribution >= 4 is 40.9 Å². The lowest BCUT2D eigenvalue weighted by atomic mass is 10.6. The third kappa shape index (κ3) is 10.8. The van der Waals surface area contributed by atoms with Gasteiger partial charge in [0.2, 0.25) is 3.79 Å². The van der Waals surface area contributed by atoms with Crippen molar-refractivity contribution in [1.29, 1.82) is 0 Å². The number of hydrogen-bond acceptors (Lipinski definition) is 5. The van der Waals surface area contributed by atoms with Crippen LogP contribution in [0.4, 0.5) is 4.79 Å². The van der Waals surface area contributed by atoms with Gasteiger partial charge in [-0.2, -0.15) is 0 Å². The van der Waals surface area contributed by atoms with Gasteiger partial charge in [0, 0.05) is 13.1 Å². The van der Waals surface area contributed by atoms with Crippen LogP contribution in [-0.4, -0.2) is 80.4 Å². The number of ether oxygens (including phenoxy) is 2. The summed E-state index contributed by atoms with van der Waals surface area (Å²) in [7, 11) is 7.51. The minimum Gasteiger partial charge on any atom is -0.448 e. The first-order valence-corrected chi connectivity index (χ1v) is 7.17. The number of carbonyl (C=O) groups is 1. The number of nitrogens with one attached hydrogen (secondary N) is 1. The van der Waals surface area contributed by atoms with E-state index >= 15 is 0 Å². The van der Waals surface area contributed by atoms with Crippen LogP contribution < -0.4 is 5.32 Å². The number of carbonyl (C=O) groups excluding carboxylic acids is 1. The number of rotatable bonds is 8. The summed E-state index contributed by atoms with van der Waals surface area (Å²) in [6, 6.07) is 0. The van der Waals surface area contributed by atoms with Crippen LogP contribution in [0.15, 0.2) is 0 Å². The highest BCUT2D eigenvalue weighted by Crippen LogP contribution is 2.30. The van der Waals surface area contributed by atoms with Gasteiger partial charge >= 0.3 is 6.09 Å². The van der Waals surface area contributed by atoms with Crippen molar-refractivity contribution in [2.75, 3.05) is 54.5 Å². The maximum absolute atomic E-state index is 11.6. The molecule has 120 valence electrons. The van der Waals surface area contributed by atoms with Crippen LogP contribution in [0.1, 0.15) is 0 Å². The van der Waals surface area contributed by atoms with Crippen molar-refractivity contribution in [3.05, 3.63) is 0 Å². The molecule has 0 aromatic carbocycles. The minimum atomic E-state index is -1.77. The van der Waals surface area contributed by atoms with E-state index in [2.05, 4.69) is 5.32 Å². The summed E-state index contributed by atoms with van der Waals surface area (Å²) in [5.41, 5.74) is 0. The predicted octanol–water partition coefficient (Wildman–Crippen LogP) is 1.55. The van der Waals surface area contributed by atoms with E-state index in [-0.39, 0.29) is 6.61 Å². The van der Waals surface area contributed by atoms with Crippen LogP contribution in [-0.2, 0) is 9.47 Å². The fourth-order valence-electron chi connectivity index (χ4n) is 1.04. The zero-order valence-electron chi connectivity index (χ0n) is 12.2. The summed E-state index contributed by atoms with van der Waals surface area (Å²) in [5, 5.41) is 2.39. The number of hydrogen-bond donors (Lipinski definition) is 1. The van der Waals surface area contributed by atoms with E-state index in [0.717, 1.165) is 0 Å². The lowest BCUT2D eigenvalue weighted by Gasteiger charge is -2.26. The molecular weight excluding hydrogens is 328 g/mol. The van der Waals surface area contributed by atoms with Crippen molar-refractivity contribution in [3.8, 4) is 0 Å². The van der Waals surface area contributed by atoms with Gasteiger partial charge in [-0.25, -0.2) is 4.79 Å². The zero-order valence-corrected chi connectivity index (χ0v) is 14.4. The molecule has 0 spiro atoms. The molecule has 20 heavy (non-hydrogen) atoms. The molecule has 0 aliphatic carbocycles. The average Bonchev–Trinajstić information content (AvgIpc) is 2.25. The smallest absolute Gasteiger partial charge is 0.409 e. The molecule has 0 fully saturated rings. The molecule has 9 heteroatoms. The average molecular weight is 351 g/mol. The number of halogens is 3. The molecule has 6 nitrogen and oxygen atoms in total. The molecule has 0 heterocycles. The SMILES string of the molecule is CN(C)CCOC(=O)NC(OCCN(C)C)C(Cl)(Cl)Cl. The molecule has 0 rings (SSSR count). The quantitative estimate of drug-likeness (QED) is 0.532. The first kappa shape index (κ1) is 20.0. The number of likely N-dealkylation sites (N-methyl/N-ethyl adjacent to an activating group) is 2. The number of amides is 1. The van der Waals surface area contributed by atoms with Gasteiger partial charge in [0.25, 0.3) is 0 Å². The van der Waals surface area contributed by atoms with Gasteiger partial charge in [-0.1, -0.05) is 34.8 Å². The molecule has 0 aromatic heterocycles. The van der Waals surface area contributed by atoms with Crippen LogP contribution in [0.5, 0.6) is 0 Å². The zero-order chi connectivity index (χ0) is 15.8. The van der Waals surface area contributed by atoms with Crippen LogP contribution >= 0.6 is 34.8 Å². The maximum atomic E-state index is 11.6. The van der Waals surface area contributed by atoms with Crippen molar-refractivity contribution in [2.24, 2.45) is 0 Å². The van der Waals surface area contributed by atoms with Gasteiger partial charge in [-0.15, -0.1) is 0 Å². The lowest BCUT2D eigenvalue weighted by Crippen LogP contribution is -2.47. The van der Waals surface area contributed by atoms with Crippen molar-refractivity contribution in [3.63, 3.8) is 0 Å². The summed E-state index contributed by atoms with van der Waals surface area (Å²) in [6.07, 6.45) is -1.76. The minimum absolute atomic E-state index is 0.239. The van der Waals surface area contributed by atoms with Crippen LogP contribution in [0.3, 0.4) is 0 Å². The second kappa shape index (κ2) is 9.87.